The standard InChI is InChI=1S/C18H35N3O2/c1-15(18(23)20-17-6-4-2-3-5-7-17)19-14-16-8-10-21(11-9-16)12-13-22/h15-17,19,22H,2-14H2,1H3,(H,20,23). The highest BCUT2D eigenvalue weighted by atomic mass is 16.3. The van der Waals surface area contributed by atoms with Crippen molar-refractivity contribution >= 4 is 5.91 Å². The highest BCUT2D eigenvalue weighted by Gasteiger charge is 2.22. The molecule has 0 bridgehead atoms. The molecule has 0 aromatic carbocycles. The monoisotopic (exact) mass is 325 g/mol. The average molecular weight is 325 g/mol. The second-order valence-corrected chi connectivity index (χ2v) is 7.34. The van der Waals surface area contributed by atoms with E-state index in [4.69, 9.17) is 5.11 Å². The molecule has 5 nitrogen and oxygen atoms in total. The maximum Gasteiger partial charge on any atom is 0.237 e. The minimum atomic E-state index is -0.103. The maximum absolute atomic E-state index is 12.3. The molecule has 1 amide bonds. The number of piperidine rings is 1. The molecule has 23 heavy (non-hydrogen) atoms. The van der Waals surface area contributed by atoms with Crippen molar-refractivity contribution in [1.82, 2.24) is 15.5 Å². The Morgan fingerprint density at radius 1 is 1.13 bits per heavy atom. The summed E-state index contributed by atoms with van der Waals surface area (Å²) < 4.78 is 0. The number of nitrogens with zero attached hydrogens (tertiary/aromatic N) is 1. The molecule has 1 saturated carbocycles. The van der Waals surface area contributed by atoms with Crippen molar-refractivity contribution in [2.24, 2.45) is 5.92 Å². The van der Waals surface area contributed by atoms with E-state index in [0.717, 1.165) is 51.9 Å². The van der Waals surface area contributed by atoms with Crippen molar-refractivity contribution in [1.29, 1.82) is 0 Å². The molecule has 1 saturated heterocycles. The van der Waals surface area contributed by atoms with Crippen molar-refractivity contribution in [2.45, 2.75) is 70.4 Å². The molecular weight excluding hydrogens is 290 g/mol. The third kappa shape index (κ3) is 6.77. The fraction of sp³-hybridized carbons (Fsp3) is 0.944. The predicted molar refractivity (Wildman–Crippen MR) is 93.3 cm³/mol. The van der Waals surface area contributed by atoms with Crippen molar-refractivity contribution in [3.8, 4) is 0 Å². The highest BCUT2D eigenvalue weighted by Crippen LogP contribution is 2.18. The topological polar surface area (TPSA) is 64.6 Å². The van der Waals surface area contributed by atoms with Crippen molar-refractivity contribution < 1.29 is 9.90 Å². The smallest absolute Gasteiger partial charge is 0.237 e. The largest absolute Gasteiger partial charge is 0.395 e. The lowest BCUT2D eigenvalue weighted by molar-refractivity contribution is -0.123. The zero-order valence-corrected chi connectivity index (χ0v) is 14.7. The van der Waals surface area contributed by atoms with Crippen LogP contribution in [0.25, 0.3) is 0 Å². The number of carbonyl (C=O) groups is 1. The molecule has 1 aliphatic heterocycles. The highest BCUT2D eigenvalue weighted by molar-refractivity contribution is 5.81. The van der Waals surface area contributed by atoms with E-state index in [1.54, 1.807) is 0 Å². The molecule has 5 heteroatoms. The number of hydrogen-bond acceptors (Lipinski definition) is 4. The Labute approximate surface area is 141 Å². The van der Waals surface area contributed by atoms with Gasteiger partial charge in [0.2, 0.25) is 5.91 Å². The Hall–Kier alpha value is -0.650. The summed E-state index contributed by atoms with van der Waals surface area (Å²) in [4.78, 5) is 14.6. The molecule has 1 unspecified atom stereocenters. The summed E-state index contributed by atoms with van der Waals surface area (Å²) in [6.07, 6.45) is 9.72. The first kappa shape index (κ1) is 18.7. The molecule has 0 aromatic rings. The van der Waals surface area contributed by atoms with E-state index in [9.17, 15) is 4.79 Å². The van der Waals surface area contributed by atoms with E-state index in [-0.39, 0.29) is 18.6 Å². The van der Waals surface area contributed by atoms with Crippen LogP contribution in [0.5, 0.6) is 0 Å². The fourth-order valence-electron chi connectivity index (χ4n) is 3.74. The first-order valence-corrected chi connectivity index (χ1v) is 9.56. The third-order valence-corrected chi connectivity index (χ3v) is 5.43. The molecule has 2 aliphatic rings. The van der Waals surface area contributed by atoms with Crippen LogP contribution < -0.4 is 10.6 Å². The van der Waals surface area contributed by atoms with Crippen LogP contribution in [0.1, 0.15) is 58.3 Å². The number of rotatable bonds is 7. The Morgan fingerprint density at radius 2 is 1.78 bits per heavy atom. The molecular formula is C18H35N3O2. The van der Waals surface area contributed by atoms with Gasteiger partial charge in [0.1, 0.15) is 0 Å². The first-order valence-electron chi connectivity index (χ1n) is 9.56. The normalized spacial score (nSPS) is 23.4. The van der Waals surface area contributed by atoms with Gasteiger partial charge >= 0.3 is 0 Å². The molecule has 0 spiro atoms. The summed E-state index contributed by atoms with van der Waals surface area (Å²) in [5.74, 6) is 0.813. The summed E-state index contributed by atoms with van der Waals surface area (Å²) in [5, 5.41) is 15.6. The van der Waals surface area contributed by atoms with E-state index in [2.05, 4.69) is 15.5 Å². The number of nitrogens with one attached hydrogen (secondary N) is 2. The Bertz CT molecular complexity index is 335. The Morgan fingerprint density at radius 3 is 2.39 bits per heavy atom. The third-order valence-electron chi connectivity index (χ3n) is 5.43. The summed E-state index contributed by atoms with van der Waals surface area (Å²) in [6.45, 7) is 6.08. The van der Waals surface area contributed by atoms with E-state index < -0.39 is 0 Å². The summed E-state index contributed by atoms with van der Waals surface area (Å²) in [5.41, 5.74) is 0. The SMILES string of the molecule is CC(NCC1CCN(CCO)CC1)C(=O)NC1CCCCCC1. The van der Waals surface area contributed by atoms with Gasteiger partial charge in [0.25, 0.3) is 0 Å². The maximum atomic E-state index is 12.3. The molecule has 0 aromatic heterocycles. The Balaban J connectivity index is 1.62. The number of amides is 1. The molecule has 2 fully saturated rings. The van der Waals surface area contributed by atoms with Gasteiger partial charge in [-0.05, 0) is 58.2 Å². The van der Waals surface area contributed by atoms with Crippen LogP contribution in [0, 0.1) is 5.92 Å². The fourth-order valence-corrected chi connectivity index (χ4v) is 3.74. The molecule has 1 atom stereocenters. The van der Waals surface area contributed by atoms with Crippen LogP contribution in [0.2, 0.25) is 0 Å². The minimum Gasteiger partial charge on any atom is -0.395 e. The van der Waals surface area contributed by atoms with Crippen molar-refractivity contribution in [3.63, 3.8) is 0 Å². The molecule has 1 aliphatic carbocycles. The molecule has 2 rings (SSSR count). The van der Waals surface area contributed by atoms with Gasteiger partial charge in [-0.3, -0.25) is 4.79 Å². The van der Waals surface area contributed by atoms with Crippen molar-refractivity contribution in [3.05, 3.63) is 0 Å². The van der Waals surface area contributed by atoms with Crippen molar-refractivity contribution in [2.75, 3.05) is 32.8 Å². The van der Waals surface area contributed by atoms with Crippen LogP contribution in [0.4, 0.5) is 0 Å². The van der Waals surface area contributed by atoms with Crippen LogP contribution in [0.15, 0.2) is 0 Å². The molecule has 0 radical (unpaired) electrons. The second-order valence-electron chi connectivity index (χ2n) is 7.34. The lowest BCUT2D eigenvalue weighted by atomic mass is 9.96. The summed E-state index contributed by atoms with van der Waals surface area (Å²) >= 11 is 0. The lowest BCUT2D eigenvalue weighted by Crippen LogP contribution is -2.48. The van der Waals surface area contributed by atoms with Crippen LogP contribution in [0.3, 0.4) is 0 Å². The average Bonchev–Trinajstić information content (AvgIpc) is 2.83. The van der Waals surface area contributed by atoms with Gasteiger partial charge in [-0.25, -0.2) is 0 Å². The van der Waals surface area contributed by atoms with Gasteiger partial charge in [-0.2, -0.15) is 0 Å². The lowest BCUT2D eigenvalue weighted by Gasteiger charge is -2.32. The van der Waals surface area contributed by atoms with Gasteiger partial charge in [0.15, 0.2) is 0 Å². The zero-order chi connectivity index (χ0) is 16.5. The first-order chi connectivity index (χ1) is 11.2. The summed E-state index contributed by atoms with van der Waals surface area (Å²) in [7, 11) is 0. The van der Waals surface area contributed by atoms with Crippen LogP contribution in [-0.4, -0.2) is 60.8 Å². The van der Waals surface area contributed by atoms with Gasteiger partial charge in [-0.15, -0.1) is 0 Å². The van der Waals surface area contributed by atoms with E-state index >= 15 is 0 Å². The number of carbonyl (C=O) groups excluding carboxylic acids is 1. The predicted octanol–water partition coefficient (Wildman–Crippen LogP) is 1.51. The zero-order valence-electron chi connectivity index (χ0n) is 14.7. The number of hydrogen-bond donors (Lipinski definition) is 3. The minimum absolute atomic E-state index is 0.103. The quantitative estimate of drug-likeness (QED) is 0.621. The molecule has 3 N–H and O–H groups in total. The van der Waals surface area contributed by atoms with Crippen LogP contribution >= 0.6 is 0 Å². The molecule has 1 heterocycles. The Kier molecular flexibility index (Phi) is 8.34. The van der Waals surface area contributed by atoms with Gasteiger partial charge < -0.3 is 20.6 Å². The molecule has 134 valence electrons. The van der Waals surface area contributed by atoms with Gasteiger partial charge in [0.05, 0.1) is 12.6 Å². The van der Waals surface area contributed by atoms with Crippen LogP contribution in [-0.2, 0) is 4.79 Å². The van der Waals surface area contributed by atoms with Gasteiger partial charge in [-0.1, -0.05) is 25.7 Å². The van der Waals surface area contributed by atoms with E-state index in [1.807, 2.05) is 6.92 Å². The second kappa shape index (κ2) is 10.3. The number of aliphatic hydroxyl groups is 1. The number of aliphatic hydroxyl groups excluding tert-OH is 1. The number of β-amino-alcohol motifs (C(OH)–C–C–N with tert-alkyl or cyclic N) is 1. The van der Waals surface area contributed by atoms with E-state index in [0.29, 0.717) is 12.0 Å². The number of likely N-dealkylation sites (tertiary alicyclic amines) is 1. The van der Waals surface area contributed by atoms with E-state index in [1.165, 1.54) is 25.7 Å². The van der Waals surface area contributed by atoms with Gasteiger partial charge in [0, 0.05) is 12.6 Å². The summed E-state index contributed by atoms with van der Waals surface area (Å²) in [6, 6.07) is 0.282.